The summed E-state index contributed by atoms with van der Waals surface area (Å²) in [5.74, 6) is 0.620. The average molecular weight is 461 g/mol. The first-order chi connectivity index (χ1) is 13.3. The Hall–Kier alpha value is -0.103. The molecule has 1 saturated heterocycles. The van der Waals surface area contributed by atoms with E-state index in [0.717, 1.165) is 38.1 Å². The van der Waals surface area contributed by atoms with Crippen molar-refractivity contribution >= 4 is 31.5 Å². The van der Waals surface area contributed by atoms with E-state index in [1.54, 1.807) is 13.2 Å². The number of likely N-dealkylation sites (tertiary alicyclic amines) is 1. The highest BCUT2D eigenvalue weighted by Crippen LogP contribution is 2.40. The van der Waals surface area contributed by atoms with Crippen molar-refractivity contribution in [1.29, 1.82) is 0 Å². The van der Waals surface area contributed by atoms with Gasteiger partial charge < -0.3 is 9.16 Å². The quantitative estimate of drug-likeness (QED) is 0.402. The maximum atomic E-state index is 6.49. The normalized spacial score (nSPS) is 18.8. The summed E-state index contributed by atoms with van der Waals surface area (Å²) >= 11 is 12.6. The van der Waals surface area contributed by atoms with Gasteiger partial charge in [-0.15, -0.1) is 0 Å². The van der Waals surface area contributed by atoms with Crippen LogP contribution >= 0.6 is 23.2 Å². The van der Waals surface area contributed by atoms with Gasteiger partial charge in [0, 0.05) is 23.8 Å². The maximum absolute atomic E-state index is 6.49. The topological polar surface area (TPSA) is 21.7 Å². The fourth-order valence-electron chi connectivity index (χ4n) is 3.82. The van der Waals surface area contributed by atoms with Gasteiger partial charge in [0.15, 0.2) is 8.32 Å². The van der Waals surface area contributed by atoms with E-state index < -0.39 is 8.32 Å². The highest BCUT2D eigenvalue weighted by Gasteiger charge is 2.40. The van der Waals surface area contributed by atoms with Gasteiger partial charge in [0.2, 0.25) is 0 Å². The zero-order chi connectivity index (χ0) is 22.0. The molecule has 1 fully saturated rings. The number of rotatable bonds is 7. The van der Waals surface area contributed by atoms with E-state index >= 15 is 0 Å². The second kappa shape index (κ2) is 9.58. The number of hydrogen-bond acceptors (Lipinski definition) is 3. The molecule has 1 heterocycles. The Morgan fingerprint density at radius 2 is 1.55 bits per heavy atom. The summed E-state index contributed by atoms with van der Waals surface area (Å²) in [6.07, 6.45) is 2.28. The molecule has 0 bridgehead atoms. The van der Waals surface area contributed by atoms with E-state index in [1.165, 1.54) is 0 Å². The number of ether oxygens (including phenoxy) is 1. The minimum atomic E-state index is -1.69. The molecule has 0 aromatic heterocycles. The summed E-state index contributed by atoms with van der Waals surface area (Å²) in [5.41, 5.74) is 0.767. The molecule has 0 radical (unpaired) electrons. The molecule has 1 unspecified atom stereocenters. The zero-order valence-corrected chi connectivity index (χ0v) is 22.0. The van der Waals surface area contributed by atoms with Crippen molar-refractivity contribution in [1.82, 2.24) is 4.90 Å². The van der Waals surface area contributed by atoms with Gasteiger partial charge in [0.05, 0.1) is 11.6 Å². The molecular formula is C23H39Cl2NO2Si. The maximum Gasteiger partial charge on any atom is 0.191 e. The highest BCUT2D eigenvalue weighted by atomic mass is 35.5. The molecular weight excluding hydrogens is 421 g/mol. The van der Waals surface area contributed by atoms with Crippen LogP contribution in [0.15, 0.2) is 18.2 Å². The SMILES string of the molecule is COC(C)(C)C(c1cc(Cl)cc(Cl)c1)N1CCC(CO[Si](C)(C)C(C)(C)C)CC1. The molecule has 0 aliphatic carbocycles. The molecule has 3 nitrogen and oxygen atoms in total. The van der Waals surface area contributed by atoms with E-state index in [1.807, 2.05) is 12.1 Å². The van der Waals surface area contributed by atoms with Crippen LogP contribution in [0.1, 0.15) is 59.1 Å². The average Bonchev–Trinajstić information content (AvgIpc) is 2.59. The predicted octanol–water partition coefficient (Wildman–Crippen LogP) is 7.19. The molecule has 1 atom stereocenters. The minimum absolute atomic E-state index is 0.103. The fourth-order valence-corrected chi connectivity index (χ4v) is 5.45. The van der Waals surface area contributed by atoms with E-state index in [4.69, 9.17) is 32.4 Å². The minimum Gasteiger partial charge on any atom is -0.417 e. The van der Waals surface area contributed by atoms with Crippen molar-refractivity contribution in [3.05, 3.63) is 33.8 Å². The van der Waals surface area contributed by atoms with Crippen LogP contribution < -0.4 is 0 Å². The lowest BCUT2D eigenvalue weighted by Crippen LogP contribution is -2.48. The predicted molar refractivity (Wildman–Crippen MR) is 128 cm³/mol. The van der Waals surface area contributed by atoms with Crippen LogP contribution in [0.5, 0.6) is 0 Å². The monoisotopic (exact) mass is 459 g/mol. The summed E-state index contributed by atoms with van der Waals surface area (Å²) in [6.45, 7) is 18.8. The van der Waals surface area contributed by atoms with Crippen molar-refractivity contribution in [2.75, 3.05) is 26.8 Å². The van der Waals surface area contributed by atoms with Gasteiger partial charge in [-0.25, -0.2) is 0 Å². The van der Waals surface area contributed by atoms with E-state index in [0.29, 0.717) is 16.0 Å². The Balaban J connectivity index is 2.09. The first kappa shape index (κ1) is 25.2. The Morgan fingerprint density at radius 1 is 1.03 bits per heavy atom. The lowest BCUT2D eigenvalue weighted by atomic mass is 9.87. The van der Waals surface area contributed by atoms with Gasteiger partial charge in [-0.1, -0.05) is 44.0 Å². The number of methoxy groups -OCH3 is 1. The van der Waals surface area contributed by atoms with Crippen LogP contribution in [-0.2, 0) is 9.16 Å². The number of piperidine rings is 1. The Bertz CT molecular complexity index is 660. The summed E-state index contributed by atoms with van der Waals surface area (Å²) in [5, 5.41) is 1.59. The third-order valence-corrected chi connectivity index (χ3v) is 11.8. The van der Waals surface area contributed by atoms with Gasteiger partial charge >= 0.3 is 0 Å². The van der Waals surface area contributed by atoms with Crippen LogP contribution in [0.2, 0.25) is 28.2 Å². The van der Waals surface area contributed by atoms with Crippen molar-refractivity contribution in [2.45, 2.75) is 77.2 Å². The van der Waals surface area contributed by atoms with Crippen LogP contribution in [0.25, 0.3) is 0 Å². The molecule has 0 spiro atoms. The lowest BCUT2D eigenvalue weighted by Gasteiger charge is -2.45. The van der Waals surface area contributed by atoms with Crippen molar-refractivity contribution in [2.24, 2.45) is 5.92 Å². The molecule has 0 N–H and O–H groups in total. The number of halogens is 2. The summed E-state index contributed by atoms with van der Waals surface area (Å²) in [4.78, 5) is 2.52. The third kappa shape index (κ3) is 6.44. The van der Waals surface area contributed by atoms with Crippen LogP contribution in [-0.4, -0.2) is 45.6 Å². The van der Waals surface area contributed by atoms with Crippen molar-refractivity contribution in [3.63, 3.8) is 0 Å². The largest absolute Gasteiger partial charge is 0.417 e. The molecule has 166 valence electrons. The molecule has 6 heteroatoms. The second-order valence-electron chi connectivity index (χ2n) is 10.5. The van der Waals surface area contributed by atoms with Crippen LogP contribution in [0.4, 0.5) is 0 Å². The Labute approximate surface area is 189 Å². The molecule has 1 aromatic carbocycles. The van der Waals surface area contributed by atoms with E-state index in [9.17, 15) is 0 Å². The Morgan fingerprint density at radius 3 is 2.00 bits per heavy atom. The van der Waals surface area contributed by atoms with Crippen LogP contribution in [0.3, 0.4) is 0 Å². The van der Waals surface area contributed by atoms with E-state index in [2.05, 4.69) is 52.6 Å². The highest BCUT2D eigenvalue weighted by molar-refractivity contribution is 6.74. The molecule has 1 aromatic rings. The van der Waals surface area contributed by atoms with Gasteiger partial charge in [0.1, 0.15) is 0 Å². The number of hydrogen-bond donors (Lipinski definition) is 0. The Kier molecular flexibility index (Phi) is 8.31. The number of nitrogens with zero attached hydrogens (tertiary/aromatic N) is 1. The van der Waals surface area contributed by atoms with Gasteiger partial charge in [-0.2, -0.15) is 0 Å². The van der Waals surface area contributed by atoms with Crippen molar-refractivity contribution in [3.8, 4) is 0 Å². The van der Waals surface area contributed by atoms with Gasteiger partial charge in [0.25, 0.3) is 0 Å². The summed E-state index contributed by atoms with van der Waals surface area (Å²) < 4.78 is 12.4. The standard InChI is InChI=1S/C23H39Cl2NO2Si/c1-22(2,3)29(7,8)28-16-17-9-11-26(12-10-17)21(23(4,5)27-6)18-13-19(24)15-20(25)14-18/h13-15,17,21H,9-12,16H2,1-8H3. The molecule has 0 saturated carbocycles. The molecule has 0 amide bonds. The molecule has 1 aliphatic rings. The zero-order valence-electron chi connectivity index (χ0n) is 19.4. The second-order valence-corrected chi connectivity index (χ2v) is 16.1. The van der Waals surface area contributed by atoms with Gasteiger partial charge in [-0.3, -0.25) is 4.90 Å². The number of benzene rings is 1. The van der Waals surface area contributed by atoms with Crippen LogP contribution in [0, 0.1) is 5.92 Å². The first-order valence-corrected chi connectivity index (χ1v) is 14.3. The first-order valence-electron chi connectivity index (χ1n) is 10.7. The molecule has 29 heavy (non-hydrogen) atoms. The molecule has 2 rings (SSSR count). The van der Waals surface area contributed by atoms with E-state index in [-0.39, 0.29) is 16.7 Å². The molecule has 1 aliphatic heterocycles. The fraction of sp³-hybridized carbons (Fsp3) is 0.739. The lowest BCUT2D eigenvalue weighted by molar-refractivity contribution is -0.0646. The summed E-state index contributed by atoms with van der Waals surface area (Å²) in [7, 11) is 0.0852. The smallest absolute Gasteiger partial charge is 0.191 e. The van der Waals surface area contributed by atoms with Gasteiger partial charge in [-0.05, 0) is 87.6 Å². The third-order valence-electron chi connectivity index (χ3n) is 6.89. The summed E-state index contributed by atoms with van der Waals surface area (Å²) in [6, 6.07) is 5.93. The van der Waals surface area contributed by atoms with Crippen molar-refractivity contribution < 1.29 is 9.16 Å².